The van der Waals surface area contributed by atoms with Gasteiger partial charge in [0.15, 0.2) is 11.6 Å². The van der Waals surface area contributed by atoms with Gasteiger partial charge in [0.25, 0.3) is 5.69 Å². The van der Waals surface area contributed by atoms with Crippen LogP contribution in [0.2, 0.25) is 0 Å². The molecule has 1 heterocycles. The highest BCUT2D eigenvalue weighted by atomic mass is 16.6. The van der Waals surface area contributed by atoms with Gasteiger partial charge in [-0.05, 0) is 17.7 Å². The molecule has 0 saturated carbocycles. The van der Waals surface area contributed by atoms with E-state index in [2.05, 4.69) is 15.2 Å². The molecule has 1 aromatic heterocycles. The van der Waals surface area contributed by atoms with Crippen LogP contribution in [0.1, 0.15) is 5.56 Å². The van der Waals surface area contributed by atoms with E-state index in [1.807, 2.05) is 24.3 Å². The van der Waals surface area contributed by atoms with Crippen LogP contribution in [0.15, 0.2) is 48.5 Å². The molecule has 3 aromatic rings. The maximum absolute atomic E-state index is 10.7. The van der Waals surface area contributed by atoms with Crippen molar-refractivity contribution in [1.82, 2.24) is 15.2 Å². The zero-order valence-corrected chi connectivity index (χ0v) is 11.6. The monoisotopic (exact) mass is 295 g/mol. The number of nitro benzene ring substituents is 1. The molecule has 0 atom stereocenters. The highest BCUT2D eigenvalue weighted by Crippen LogP contribution is 2.22. The summed E-state index contributed by atoms with van der Waals surface area (Å²) in [5.41, 5.74) is 8.26. The van der Waals surface area contributed by atoms with Gasteiger partial charge >= 0.3 is 0 Å². The summed E-state index contributed by atoms with van der Waals surface area (Å²) < 4.78 is 0. The smallest absolute Gasteiger partial charge is 0.269 e. The van der Waals surface area contributed by atoms with E-state index in [1.165, 1.54) is 12.1 Å². The van der Waals surface area contributed by atoms with Gasteiger partial charge in [-0.3, -0.25) is 15.2 Å². The molecule has 7 heteroatoms. The van der Waals surface area contributed by atoms with Crippen LogP contribution in [0, 0.1) is 10.1 Å². The van der Waals surface area contributed by atoms with E-state index in [1.54, 1.807) is 12.1 Å². The lowest BCUT2D eigenvalue weighted by atomic mass is 10.1. The fraction of sp³-hybridized carbons (Fsp3) is 0.0667. The number of aromatic nitrogens is 3. The predicted octanol–water partition coefficient (Wildman–Crippen LogP) is 2.51. The lowest BCUT2D eigenvalue weighted by Gasteiger charge is -1.98. The van der Waals surface area contributed by atoms with Gasteiger partial charge in [0.05, 0.1) is 4.92 Å². The number of benzene rings is 2. The van der Waals surface area contributed by atoms with Gasteiger partial charge in [-0.25, -0.2) is 4.98 Å². The van der Waals surface area contributed by atoms with E-state index in [0.29, 0.717) is 18.2 Å². The molecule has 0 radical (unpaired) electrons. The second-order valence-electron chi connectivity index (χ2n) is 4.71. The molecular formula is C15H13N5O2. The molecular weight excluding hydrogens is 282 g/mol. The minimum absolute atomic E-state index is 0.0425. The van der Waals surface area contributed by atoms with Gasteiger partial charge in [-0.15, -0.1) is 0 Å². The van der Waals surface area contributed by atoms with Crippen molar-refractivity contribution in [3.05, 3.63) is 64.2 Å². The molecule has 0 fully saturated rings. The Morgan fingerprint density at radius 3 is 2.27 bits per heavy atom. The van der Waals surface area contributed by atoms with Crippen molar-refractivity contribution in [2.75, 3.05) is 0 Å². The number of aromatic amines is 1. The van der Waals surface area contributed by atoms with Crippen molar-refractivity contribution < 1.29 is 4.92 Å². The number of nitrogens with one attached hydrogen (secondary N) is 1. The first-order chi connectivity index (χ1) is 10.7. The predicted molar refractivity (Wildman–Crippen MR) is 81.8 cm³/mol. The summed E-state index contributed by atoms with van der Waals surface area (Å²) in [6.07, 6.45) is 0. The standard InChI is InChI=1S/C15H13N5O2/c16-9-10-1-3-11(4-2-10)14-17-15(19-18-14)12-5-7-13(8-6-12)20(21)22/h1-8H,9,16H2,(H,17,18,19). The first kappa shape index (κ1) is 13.9. The zero-order chi connectivity index (χ0) is 15.5. The second-order valence-corrected chi connectivity index (χ2v) is 4.71. The number of H-pyrrole nitrogens is 1. The summed E-state index contributed by atoms with van der Waals surface area (Å²) in [4.78, 5) is 14.6. The fourth-order valence-electron chi connectivity index (χ4n) is 2.05. The Kier molecular flexibility index (Phi) is 3.63. The minimum Gasteiger partial charge on any atom is -0.326 e. The maximum atomic E-state index is 10.7. The molecule has 2 aromatic carbocycles. The molecule has 0 unspecified atom stereocenters. The van der Waals surface area contributed by atoms with Crippen LogP contribution in [0.5, 0.6) is 0 Å². The number of rotatable bonds is 4. The van der Waals surface area contributed by atoms with E-state index in [9.17, 15) is 10.1 Å². The Bertz CT molecular complexity index is 794. The van der Waals surface area contributed by atoms with Crippen molar-refractivity contribution in [3.8, 4) is 22.8 Å². The van der Waals surface area contributed by atoms with Crippen LogP contribution >= 0.6 is 0 Å². The highest BCUT2D eigenvalue weighted by molar-refractivity contribution is 5.62. The number of non-ortho nitro benzene ring substituents is 1. The molecule has 0 aliphatic carbocycles. The number of nitrogens with zero attached hydrogens (tertiary/aromatic N) is 3. The molecule has 3 rings (SSSR count). The SMILES string of the molecule is NCc1ccc(-c2n[nH]c(-c3ccc([N+](=O)[O-])cc3)n2)cc1. The minimum atomic E-state index is -0.436. The Hall–Kier alpha value is -3.06. The quantitative estimate of drug-likeness (QED) is 0.567. The summed E-state index contributed by atoms with van der Waals surface area (Å²) in [7, 11) is 0. The Morgan fingerprint density at radius 2 is 1.68 bits per heavy atom. The largest absolute Gasteiger partial charge is 0.326 e. The van der Waals surface area contributed by atoms with Crippen molar-refractivity contribution >= 4 is 5.69 Å². The van der Waals surface area contributed by atoms with Crippen molar-refractivity contribution in [2.45, 2.75) is 6.54 Å². The third-order valence-corrected chi connectivity index (χ3v) is 3.28. The van der Waals surface area contributed by atoms with Gasteiger partial charge in [-0.1, -0.05) is 24.3 Å². The van der Waals surface area contributed by atoms with Crippen LogP contribution in [-0.2, 0) is 6.54 Å². The van der Waals surface area contributed by atoms with E-state index in [4.69, 9.17) is 5.73 Å². The van der Waals surface area contributed by atoms with Gasteiger partial charge in [0, 0.05) is 29.8 Å². The van der Waals surface area contributed by atoms with Crippen LogP contribution < -0.4 is 5.73 Å². The second kappa shape index (κ2) is 5.74. The van der Waals surface area contributed by atoms with E-state index in [-0.39, 0.29) is 5.69 Å². The summed E-state index contributed by atoms with van der Waals surface area (Å²) in [5.74, 6) is 1.13. The molecule has 0 amide bonds. The van der Waals surface area contributed by atoms with Crippen molar-refractivity contribution in [2.24, 2.45) is 5.73 Å². The number of nitrogens with two attached hydrogens (primary N) is 1. The molecule has 22 heavy (non-hydrogen) atoms. The van der Waals surface area contributed by atoms with Gasteiger partial charge in [0.1, 0.15) is 0 Å². The average Bonchev–Trinajstić information content (AvgIpc) is 3.05. The lowest BCUT2D eigenvalue weighted by molar-refractivity contribution is -0.384. The topological polar surface area (TPSA) is 111 Å². The number of nitro groups is 1. The molecule has 3 N–H and O–H groups in total. The first-order valence-corrected chi connectivity index (χ1v) is 6.64. The fourth-order valence-corrected chi connectivity index (χ4v) is 2.05. The Labute approximate surface area is 126 Å². The molecule has 0 spiro atoms. The Balaban J connectivity index is 1.87. The molecule has 7 nitrogen and oxygen atoms in total. The molecule has 0 aliphatic heterocycles. The molecule has 110 valence electrons. The highest BCUT2D eigenvalue weighted by Gasteiger charge is 2.10. The summed E-state index contributed by atoms with van der Waals surface area (Å²) in [5, 5.41) is 17.7. The molecule has 0 saturated heterocycles. The Morgan fingerprint density at radius 1 is 1.05 bits per heavy atom. The average molecular weight is 295 g/mol. The number of hydrogen-bond acceptors (Lipinski definition) is 5. The lowest BCUT2D eigenvalue weighted by Crippen LogP contribution is -1.95. The van der Waals surface area contributed by atoms with Gasteiger partial charge in [0.2, 0.25) is 0 Å². The van der Waals surface area contributed by atoms with Crippen LogP contribution in [0.4, 0.5) is 5.69 Å². The number of hydrogen-bond donors (Lipinski definition) is 2. The van der Waals surface area contributed by atoms with E-state index < -0.39 is 4.92 Å². The third-order valence-electron chi connectivity index (χ3n) is 3.28. The summed E-state index contributed by atoms with van der Waals surface area (Å²) in [6.45, 7) is 0.488. The van der Waals surface area contributed by atoms with Gasteiger partial charge in [-0.2, -0.15) is 5.10 Å². The van der Waals surface area contributed by atoms with E-state index in [0.717, 1.165) is 16.7 Å². The normalized spacial score (nSPS) is 10.6. The third kappa shape index (κ3) is 2.70. The zero-order valence-electron chi connectivity index (χ0n) is 11.6. The van der Waals surface area contributed by atoms with Crippen molar-refractivity contribution in [3.63, 3.8) is 0 Å². The summed E-state index contributed by atoms with van der Waals surface area (Å²) >= 11 is 0. The molecule has 0 aliphatic rings. The molecule has 0 bridgehead atoms. The van der Waals surface area contributed by atoms with Crippen LogP contribution in [0.3, 0.4) is 0 Å². The van der Waals surface area contributed by atoms with Crippen molar-refractivity contribution in [1.29, 1.82) is 0 Å². The van der Waals surface area contributed by atoms with Crippen LogP contribution in [0.25, 0.3) is 22.8 Å². The summed E-state index contributed by atoms with van der Waals surface area (Å²) in [6, 6.07) is 13.8. The van der Waals surface area contributed by atoms with E-state index >= 15 is 0 Å². The van der Waals surface area contributed by atoms with Gasteiger partial charge < -0.3 is 5.73 Å². The first-order valence-electron chi connectivity index (χ1n) is 6.64. The van der Waals surface area contributed by atoms with Crippen LogP contribution in [-0.4, -0.2) is 20.1 Å². The maximum Gasteiger partial charge on any atom is 0.269 e.